The molecular weight excluding hydrogens is 266 g/mol. The summed E-state index contributed by atoms with van der Waals surface area (Å²) in [5, 5.41) is 12.4. The van der Waals surface area contributed by atoms with Crippen LogP contribution in [-0.4, -0.2) is 33.7 Å². The molecule has 6 heteroatoms. The van der Waals surface area contributed by atoms with Crippen molar-refractivity contribution >= 4 is 0 Å². The summed E-state index contributed by atoms with van der Waals surface area (Å²) >= 11 is 0. The van der Waals surface area contributed by atoms with Crippen molar-refractivity contribution in [3.8, 4) is 5.75 Å². The molecule has 0 amide bonds. The summed E-state index contributed by atoms with van der Waals surface area (Å²) in [5.41, 5.74) is 4.43. The topological polar surface area (TPSA) is 56.9 Å². The van der Waals surface area contributed by atoms with Gasteiger partial charge in [0.15, 0.2) is 5.75 Å². The van der Waals surface area contributed by atoms with E-state index < -0.39 is 0 Å². The Kier molecular flexibility index (Phi) is 4.67. The molecule has 0 aliphatic heterocycles. The van der Waals surface area contributed by atoms with Crippen LogP contribution >= 0.6 is 0 Å². The van der Waals surface area contributed by atoms with Gasteiger partial charge in [-0.25, -0.2) is 0 Å². The number of aryl methyl sites for hydroxylation is 3. The number of ether oxygens (including phenoxy) is 1. The van der Waals surface area contributed by atoms with E-state index >= 15 is 0 Å². The van der Waals surface area contributed by atoms with Crippen molar-refractivity contribution in [1.82, 2.24) is 24.9 Å². The van der Waals surface area contributed by atoms with E-state index in [0.717, 1.165) is 35.8 Å². The Hall–Kier alpha value is -1.82. The minimum atomic E-state index is 0.0164. The Morgan fingerprint density at radius 3 is 2.57 bits per heavy atom. The quantitative estimate of drug-likeness (QED) is 0.884. The van der Waals surface area contributed by atoms with Crippen molar-refractivity contribution in [2.45, 2.75) is 39.8 Å². The predicted octanol–water partition coefficient (Wildman–Crippen LogP) is 1.96. The lowest BCUT2D eigenvalue weighted by molar-refractivity contribution is 0.400. The van der Waals surface area contributed by atoms with Gasteiger partial charge in [0.1, 0.15) is 5.69 Å². The molecule has 2 heterocycles. The van der Waals surface area contributed by atoms with Crippen LogP contribution in [-0.2, 0) is 13.6 Å². The van der Waals surface area contributed by atoms with E-state index in [4.69, 9.17) is 4.74 Å². The predicted molar refractivity (Wildman–Crippen MR) is 82.7 cm³/mol. The van der Waals surface area contributed by atoms with Gasteiger partial charge in [-0.15, -0.1) is 0 Å². The number of hydrogen-bond donors (Lipinski definition) is 1. The molecule has 0 aliphatic rings. The van der Waals surface area contributed by atoms with Crippen LogP contribution in [0.1, 0.15) is 42.0 Å². The third-order valence-corrected chi connectivity index (χ3v) is 3.92. The number of nitrogens with one attached hydrogen (secondary N) is 1. The van der Waals surface area contributed by atoms with Crippen LogP contribution in [0.3, 0.4) is 0 Å². The molecule has 2 rings (SSSR count). The minimum Gasteiger partial charge on any atom is -0.493 e. The monoisotopic (exact) mass is 291 g/mol. The van der Waals surface area contributed by atoms with Crippen molar-refractivity contribution in [1.29, 1.82) is 0 Å². The molecule has 21 heavy (non-hydrogen) atoms. The first kappa shape index (κ1) is 15.6. The average Bonchev–Trinajstić information content (AvgIpc) is 2.96. The maximum atomic E-state index is 5.51. The largest absolute Gasteiger partial charge is 0.493 e. The summed E-state index contributed by atoms with van der Waals surface area (Å²) in [7, 11) is 5.62. The van der Waals surface area contributed by atoms with Crippen LogP contribution in [0.5, 0.6) is 5.75 Å². The first-order chi connectivity index (χ1) is 10.0. The zero-order chi connectivity index (χ0) is 15.6. The maximum absolute atomic E-state index is 5.51. The number of aromatic nitrogens is 4. The molecule has 116 valence electrons. The molecule has 0 radical (unpaired) electrons. The lowest BCUT2D eigenvalue weighted by Gasteiger charge is -2.20. The van der Waals surface area contributed by atoms with Crippen LogP contribution < -0.4 is 10.1 Å². The van der Waals surface area contributed by atoms with Gasteiger partial charge in [-0.1, -0.05) is 6.92 Å². The molecule has 2 aromatic rings. The molecule has 0 fully saturated rings. The Balaban J connectivity index is 2.58. The lowest BCUT2D eigenvalue weighted by atomic mass is 10.0. The van der Waals surface area contributed by atoms with Crippen molar-refractivity contribution in [2.24, 2.45) is 7.05 Å². The zero-order valence-corrected chi connectivity index (χ0v) is 13.8. The Morgan fingerprint density at radius 2 is 2.10 bits per heavy atom. The van der Waals surface area contributed by atoms with Gasteiger partial charge < -0.3 is 10.1 Å². The molecule has 0 saturated carbocycles. The SMILES string of the molecule is CCCn1ncc(OC)c1C(NC)c1c(C)nn(C)c1C. The Bertz CT molecular complexity index is 614. The van der Waals surface area contributed by atoms with E-state index in [0.29, 0.717) is 0 Å². The van der Waals surface area contributed by atoms with Crippen molar-refractivity contribution in [3.05, 3.63) is 28.8 Å². The highest BCUT2D eigenvalue weighted by atomic mass is 16.5. The fourth-order valence-electron chi connectivity index (χ4n) is 2.84. The fourth-order valence-corrected chi connectivity index (χ4v) is 2.84. The summed E-state index contributed by atoms with van der Waals surface area (Å²) in [4.78, 5) is 0. The van der Waals surface area contributed by atoms with Crippen LogP contribution in [0.15, 0.2) is 6.20 Å². The molecule has 2 aromatic heterocycles. The molecule has 0 spiro atoms. The molecule has 1 N–H and O–H groups in total. The summed E-state index contributed by atoms with van der Waals surface area (Å²) in [6.07, 6.45) is 2.82. The number of rotatable bonds is 6. The summed E-state index contributed by atoms with van der Waals surface area (Å²) in [6.45, 7) is 7.15. The highest BCUT2D eigenvalue weighted by Gasteiger charge is 2.27. The van der Waals surface area contributed by atoms with E-state index in [2.05, 4.69) is 29.4 Å². The molecule has 0 bridgehead atoms. The van der Waals surface area contributed by atoms with E-state index in [1.54, 1.807) is 13.3 Å². The first-order valence-electron chi connectivity index (χ1n) is 7.32. The van der Waals surface area contributed by atoms with Crippen molar-refractivity contribution in [2.75, 3.05) is 14.2 Å². The molecule has 1 unspecified atom stereocenters. The molecule has 0 saturated heterocycles. The van der Waals surface area contributed by atoms with Gasteiger partial charge in [0, 0.05) is 24.8 Å². The summed E-state index contributed by atoms with van der Waals surface area (Å²) in [6, 6.07) is 0.0164. The first-order valence-corrected chi connectivity index (χ1v) is 7.32. The van der Waals surface area contributed by atoms with Crippen LogP contribution in [0.2, 0.25) is 0 Å². The van der Waals surface area contributed by atoms with Gasteiger partial charge in [-0.05, 0) is 27.3 Å². The highest BCUT2D eigenvalue weighted by Crippen LogP contribution is 2.33. The van der Waals surface area contributed by atoms with Crippen molar-refractivity contribution < 1.29 is 4.74 Å². The fraction of sp³-hybridized carbons (Fsp3) is 0.600. The van der Waals surface area contributed by atoms with Gasteiger partial charge >= 0.3 is 0 Å². The highest BCUT2D eigenvalue weighted by molar-refractivity contribution is 5.40. The Morgan fingerprint density at radius 1 is 1.38 bits per heavy atom. The van der Waals surface area contributed by atoms with Gasteiger partial charge in [0.25, 0.3) is 0 Å². The zero-order valence-electron chi connectivity index (χ0n) is 13.8. The minimum absolute atomic E-state index is 0.0164. The number of nitrogens with zero attached hydrogens (tertiary/aromatic N) is 4. The van der Waals surface area contributed by atoms with Gasteiger partial charge in [0.05, 0.1) is 25.0 Å². The molecule has 0 aromatic carbocycles. The molecular formula is C15H25N5O. The average molecular weight is 291 g/mol. The Labute approximate surface area is 126 Å². The van der Waals surface area contributed by atoms with Crippen molar-refractivity contribution in [3.63, 3.8) is 0 Å². The van der Waals surface area contributed by atoms with E-state index in [1.165, 1.54) is 5.56 Å². The standard InChI is InChI=1S/C15H25N5O/c1-7-8-20-15(12(21-6)9-17-20)14(16-4)13-10(2)18-19(5)11(13)3/h9,14,16H,7-8H2,1-6H3. The van der Waals surface area contributed by atoms with Crippen LogP contribution in [0.4, 0.5) is 0 Å². The van der Waals surface area contributed by atoms with Gasteiger partial charge in [0.2, 0.25) is 0 Å². The second-order valence-corrected chi connectivity index (χ2v) is 5.25. The summed E-state index contributed by atoms with van der Waals surface area (Å²) < 4.78 is 9.45. The number of hydrogen-bond acceptors (Lipinski definition) is 4. The third kappa shape index (κ3) is 2.68. The van der Waals surface area contributed by atoms with Gasteiger partial charge in [-0.3, -0.25) is 9.36 Å². The van der Waals surface area contributed by atoms with Gasteiger partial charge in [-0.2, -0.15) is 10.2 Å². The molecule has 1 atom stereocenters. The van der Waals surface area contributed by atoms with E-state index in [9.17, 15) is 0 Å². The lowest BCUT2D eigenvalue weighted by Crippen LogP contribution is -2.23. The van der Waals surface area contributed by atoms with E-state index in [-0.39, 0.29) is 6.04 Å². The third-order valence-electron chi connectivity index (χ3n) is 3.92. The molecule has 6 nitrogen and oxygen atoms in total. The van der Waals surface area contributed by atoms with Crippen LogP contribution in [0.25, 0.3) is 0 Å². The smallest absolute Gasteiger partial charge is 0.161 e. The second kappa shape index (κ2) is 6.30. The number of methoxy groups -OCH3 is 1. The van der Waals surface area contributed by atoms with Crippen LogP contribution in [0, 0.1) is 13.8 Å². The second-order valence-electron chi connectivity index (χ2n) is 5.25. The summed E-state index contributed by atoms with van der Waals surface area (Å²) in [5.74, 6) is 0.811. The normalized spacial score (nSPS) is 12.7. The maximum Gasteiger partial charge on any atom is 0.161 e. The molecule has 0 aliphatic carbocycles. The van der Waals surface area contributed by atoms with E-state index in [1.807, 2.05) is 30.4 Å².